The van der Waals surface area contributed by atoms with Crippen molar-refractivity contribution in [1.82, 2.24) is 0 Å². The first-order chi connectivity index (χ1) is 13.9. The van der Waals surface area contributed by atoms with E-state index in [4.69, 9.17) is 9.47 Å². The fraction of sp³-hybridized carbons (Fsp3) is 0.538. The molecule has 2 rings (SSSR count). The van der Waals surface area contributed by atoms with Crippen molar-refractivity contribution < 1.29 is 9.47 Å². The Kier molecular flexibility index (Phi) is 7.99. The number of hydrogen-bond donors (Lipinski definition) is 0. The Morgan fingerprint density at radius 3 is 2.10 bits per heavy atom. The van der Waals surface area contributed by atoms with Crippen LogP contribution in [-0.2, 0) is 15.3 Å². The summed E-state index contributed by atoms with van der Waals surface area (Å²) in [5.74, 6) is 0.991. The maximum atomic E-state index is 6.25. The molecule has 0 amide bonds. The fourth-order valence-corrected chi connectivity index (χ4v) is 5.46. The number of hydrogen-bond acceptors (Lipinski definition) is 3. The summed E-state index contributed by atoms with van der Waals surface area (Å²) in [7, 11) is 6.57. The zero-order chi connectivity index (χ0) is 22.7. The van der Waals surface area contributed by atoms with Crippen LogP contribution in [0.3, 0.4) is 0 Å². The lowest BCUT2D eigenvalue weighted by Crippen LogP contribution is -2.25. The first-order valence-corrected chi connectivity index (χ1v) is 11.8. The van der Waals surface area contributed by atoms with E-state index < -0.39 is 0 Å². The molecule has 4 heteroatoms. The second-order valence-electron chi connectivity index (χ2n) is 9.72. The summed E-state index contributed by atoms with van der Waals surface area (Å²) in [6, 6.07) is 11.4. The van der Waals surface area contributed by atoms with E-state index in [-0.39, 0.29) is 17.4 Å². The SMILES string of the molecule is CCC(C)(Pc1ccc(C)cc1N(C)C)c1cc(C)cc(C(C)(C)C)c1OCOC. The van der Waals surface area contributed by atoms with Crippen molar-refractivity contribution in [2.45, 2.75) is 65.5 Å². The molecule has 0 saturated heterocycles. The zero-order valence-corrected chi connectivity index (χ0v) is 21.6. The van der Waals surface area contributed by atoms with Crippen molar-refractivity contribution >= 4 is 19.6 Å². The minimum Gasteiger partial charge on any atom is -0.467 e. The van der Waals surface area contributed by atoms with Gasteiger partial charge in [-0.05, 0) is 42.6 Å². The maximum Gasteiger partial charge on any atom is 0.188 e. The van der Waals surface area contributed by atoms with Gasteiger partial charge in [0.25, 0.3) is 0 Å². The molecule has 2 unspecified atom stereocenters. The normalized spacial score (nSPS) is 14.2. The van der Waals surface area contributed by atoms with E-state index in [0.29, 0.717) is 8.58 Å². The lowest BCUT2D eigenvalue weighted by Gasteiger charge is -2.35. The van der Waals surface area contributed by atoms with Crippen LogP contribution in [0.2, 0.25) is 0 Å². The Balaban J connectivity index is 2.68. The lowest BCUT2D eigenvalue weighted by molar-refractivity contribution is 0.0487. The van der Waals surface area contributed by atoms with Gasteiger partial charge in [0, 0.05) is 43.2 Å². The Morgan fingerprint density at radius 2 is 1.57 bits per heavy atom. The largest absolute Gasteiger partial charge is 0.467 e. The monoisotopic (exact) mass is 429 g/mol. The minimum atomic E-state index is -0.0326. The molecule has 2 atom stereocenters. The second kappa shape index (κ2) is 9.71. The molecule has 30 heavy (non-hydrogen) atoms. The molecule has 0 radical (unpaired) electrons. The van der Waals surface area contributed by atoms with Crippen LogP contribution in [0.4, 0.5) is 5.69 Å². The van der Waals surface area contributed by atoms with Gasteiger partial charge in [-0.25, -0.2) is 0 Å². The number of methoxy groups -OCH3 is 1. The molecular weight excluding hydrogens is 389 g/mol. The summed E-state index contributed by atoms with van der Waals surface area (Å²) in [4.78, 5) is 2.23. The first-order valence-electron chi connectivity index (χ1n) is 10.8. The van der Waals surface area contributed by atoms with Crippen LogP contribution in [0, 0.1) is 13.8 Å². The Labute approximate surface area is 185 Å². The molecule has 2 aromatic rings. The zero-order valence-electron chi connectivity index (χ0n) is 20.6. The standard InChI is InChI=1S/C26H40NO2P/c1-11-26(7,30-23-13-12-18(2)16-22(23)27(8)9)21-15-19(3)14-20(25(4,5)6)24(21)29-17-28-10/h12-16,30H,11,17H2,1-10H3. The van der Waals surface area contributed by atoms with Gasteiger partial charge in [-0.15, -0.1) is 0 Å². The molecule has 0 spiro atoms. The van der Waals surface area contributed by atoms with Gasteiger partial charge >= 0.3 is 0 Å². The van der Waals surface area contributed by atoms with Crippen LogP contribution in [0.15, 0.2) is 30.3 Å². The summed E-state index contributed by atoms with van der Waals surface area (Å²) >= 11 is 0. The Hall–Kier alpha value is -1.57. The predicted octanol–water partition coefficient (Wildman–Crippen LogP) is 6.28. The van der Waals surface area contributed by atoms with E-state index in [1.165, 1.54) is 33.2 Å². The Bertz CT molecular complexity index is 870. The minimum absolute atomic E-state index is 0.0136. The lowest BCUT2D eigenvalue weighted by atomic mass is 9.81. The number of ether oxygens (including phenoxy) is 2. The van der Waals surface area contributed by atoms with Crippen molar-refractivity contribution in [2.75, 3.05) is 32.9 Å². The molecule has 0 heterocycles. The first kappa shape index (κ1) is 24.7. The maximum absolute atomic E-state index is 6.25. The van der Waals surface area contributed by atoms with E-state index >= 15 is 0 Å². The molecule has 0 aromatic heterocycles. The molecule has 3 nitrogen and oxygen atoms in total. The second-order valence-corrected chi connectivity index (χ2v) is 11.6. The topological polar surface area (TPSA) is 21.7 Å². The highest BCUT2D eigenvalue weighted by Crippen LogP contribution is 2.51. The molecule has 0 N–H and O–H groups in total. The van der Waals surface area contributed by atoms with Crippen molar-refractivity contribution in [3.8, 4) is 5.75 Å². The third-order valence-corrected chi connectivity index (χ3v) is 7.58. The summed E-state index contributed by atoms with van der Waals surface area (Å²) in [5, 5.41) is 1.36. The third kappa shape index (κ3) is 5.56. The van der Waals surface area contributed by atoms with E-state index in [1.807, 2.05) is 0 Å². The van der Waals surface area contributed by atoms with Crippen LogP contribution >= 0.6 is 8.58 Å². The van der Waals surface area contributed by atoms with E-state index in [9.17, 15) is 0 Å². The number of rotatable bonds is 8. The van der Waals surface area contributed by atoms with Crippen LogP contribution in [0.25, 0.3) is 0 Å². The van der Waals surface area contributed by atoms with Crippen LogP contribution < -0.4 is 14.9 Å². The van der Waals surface area contributed by atoms with Gasteiger partial charge in [0.1, 0.15) is 5.75 Å². The molecule has 0 aliphatic carbocycles. The Morgan fingerprint density at radius 1 is 0.933 bits per heavy atom. The number of nitrogens with zero attached hydrogens (tertiary/aromatic N) is 1. The quantitative estimate of drug-likeness (QED) is 0.364. The summed E-state index contributed by atoms with van der Waals surface area (Å²) in [6.45, 7) is 16.0. The third-order valence-electron chi connectivity index (χ3n) is 5.71. The van der Waals surface area contributed by atoms with Crippen LogP contribution in [0.5, 0.6) is 5.75 Å². The van der Waals surface area contributed by atoms with Gasteiger partial charge in [0.05, 0.1) is 0 Å². The van der Waals surface area contributed by atoms with Gasteiger partial charge in [0.15, 0.2) is 6.79 Å². The van der Waals surface area contributed by atoms with Crippen LogP contribution in [0.1, 0.15) is 63.3 Å². The number of anilines is 1. The van der Waals surface area contributed by atoms with Gasteiger partial charge in [-0.3, -0.25) is 0 Å². The predicted molar refractivity (Wildman–Crippen MR) is 133 cm³/mol. The summed E-state index contributed by atoms with van der Waals surface area (Å²) in [5.41, 5.74) is 6.39. The molecule has 0 bridgehead atoms. The summed E-state index contributed by atoms with van der Waals surface area (Å²) in [6.07, 6.45) is 1.03. The van der Waals surface area contributed by atoms with Crippen molar-refractivity contribution in [3.63, 3.8) is 0 Å². The van der Waals surface area contributed by atoms with Gasteiger partial charge in [-0.1, -0.05) is 73.0 Å². The highest BCUT2D eigenvalue weighted by Gasteiger charge is 2.33. The molecule has 0 aliphatic heterocycles. The highest BCUT2D eigenvalue weighted by atomic mass is 31.1. The smallest absolute Gasteiger partial charge is 0.188 e. The van der Waals surface area contributed by atoms with Gasteiger partial charge in [-0.2, -0.15) is 0 Å². The molecule has 0 aliphatic rings. The average molecular weight is 430 g/mol. The highest BCUT2D eigenvalue weighted by molar-refractivity contribution is 7.49. The van der Waals surface area contributed by atoms with Crippen molar-refractivity contribution in [3.05, 3.63) is 52.6 Å². The number of aryl methyl sites for hydroxylation is 2. The fourth-order valence-electron chi connectivity index (χ4n) is 3.77. The van der Waals surface area contributed by atoms with Gasteiger partial charge in [0.2, 0.25) is 0 Å². The number of benzene rings is 2. The van der Waals surface area contributed by atoms with E-state index in [1.54, 1.807) is 7.11 Å². The summed E-state index contributed by atoms with van der Waals surface area (Å²) < 4.78 is 11.6. The molecular formula is C26H40NO2P. The molecule has 0 saturated carbocycles. The molecule has 0 fully saturated rings. The van der Waals surface area contributed by atoms with Crippen molar-refractivity contribution in [2.24, 2.45) is 0 Å². The average Bonchev–Trinajstić information content (AvgIpc) is 2.66. The van der Waals surface area contributed by atoms with E-state index in [0.717, 1.165) is 12.2 Å². The van der Waals surface area contributed by atoms with Gasteiger partial charge < -0.3 is 14.4 Å². The van der Waals surface area contributed by atoms with E-state index in [2.05, 4.69) is 97.8 Å². The van der Waals surface area contributed by atoms with Crippen molar-refractivity contribution in [1.29, 1.82) is 0 Å². The molecule has 166 valence electrons. The van der Waals surface area contributed by atoms with Crippen LogP contribution in [-0.4, -0.2) is 28.0 Å². The molecule has 2 aromatic carbocycles.